The number of hydrogen-bond acceptors (Lipinski definition) is 6. The summed E-state index contributed by atoms with van der Waals surface area (Å²) in [5.41, 5.74) is 2.38. The van der Waals surface area contributed by atoms with Gasteiger partial charge in [0.1, 0.15) is 5.75 Å². The van der Waals surface area contributed by atoms with Gasteiger partial charge in [-0.25, -0.2) is 0 Å². The Kier molecular flexibility index (Phi) is 7.55. The first-order chi connectivity index (χ1) is 14.0. The predicted molar refractivity (Wildman–Crippen MR) is 113 cm³/mol. The molecule has 0 unspecified atom stereocenters. The van der Waals surface area contributed by atoms with Crippen LogP contribution < -0.4 is 4.74 Å². The second-order valence-electron chi connectivity index (χ2n) is 6.41. The first-order valence-electron chi connectivity index (χ1n) is 9.19. The lowest BCUT2D eigenvalue weighted by molar-refractivity contribution is -0.127. The number of benzene rings is 2. The van der Waals surface area contributed by atoms with Crippen LogP contribution in [-0.2, 0) is 24.4 Å². The maximum Gasteiger partial charge on any atom is 0.277 e. The number of ether oxygens (including phenoxy) is 1. The smallest absolute Gasteiger partial charge is 0.277 e. The lowest BCUT2D eigenvalue weighted by Crippen LogP contribution is -2.27. The van der Waals surface area contributed by atoms with Gasteiger partial charge in [-0.05, 0) is 41.8 Å². The highest BCUT2D eigenvalue weighted by Crippen LogP contribution is 2.20. The van der Waals surface area contributed by atoms with E-state index in [4.69, 9.17) is 20.8 Å². The molecule has 1 heterocycles. The van der Waals surface area contributed by atoms with Gasteiger partial charge in [0.2, 0.25) is 5.91 Å². The van der Waals surface area contributed by atoms with Gasteiger partial charge in [-0.1, -0.05) is 54.6 Å². The molecule has 29 heavy (non-hydrogen) atoms. The van der Waals surface area contributed by atoms with Crippen LogP contribution in [0, 0.1) is 0 Å². The molecule has 0 radical (unpaired) electrons. The van der Waals surface area contributed by atoms with E-state index >= 15 is 0 Å². The molecule has 0 bridgehead atoms. The van der Waals surface area contributed by atoms with Crippen molar-refractivity contribution in [2.24, 2.45) is 0 Å². The van der Waals surface area contributed by atoms with Crippen molar-refractivity contribution in [3.63, 3.8) is 0 Å². The Bertz CT molecular complexity index is 929. The fourth-order valence-electron chi connectivity index (χ4n) is 2.51. The maximum atomic E-state index is 12.4. The van der Waals surface area contributed by atoms with E-state index < -0.39 is 0 Å². The molecule has 0 saturated heterocycles. The van der Waals surface area contributed by atoms with E-state index in [0.717, 1.165) is 12.0 Å². The molecule has 0 aliphatic carbocycles. The first-order valence-corrected chi connectivity index (χ1v) is 10.5. The molecule has 3 aromatic rings. The van der Waals surface area contributed by atoms with E-state index in [0.29, 0.717) is 28.4 Å². The van der Waals surface area contributed by atoms with Crippen LogP contribution in [0.3, 0.4) is 0 Å². The molecular formula is C21H22ClN3O3S. The SMILES string of the molecule is CCc1ccc(CN(C)C(=O)CSc2nnc(COc3ccc(Cl)cc3)o2)cc1. The van der Waals surface area contributed by atoms with Crippen molar-refractivity contribution >= 4 is 29.3 Å². The van der Waals surface area contributed by atoms with Crippen molar-refractivity contribution in [1.82, 2.24) is 15.1 Å². The van der Waals surface area contributed by atoms with Gasteiger partial charge >= 0.3 is 0 Å². The summed E-state index contributed by atoms with van der Waals surface area (Å²) in [4.78, 5) is 14.1. The van der Waals surface area contributed by atoms with Gasteiger partial charge in [0, 0.05) is 18.6 Å². The molecule has 0 atom stereocenters. The molecule has 0 aliphatic heterocycles. The molecular weight excluding hydrogens is 410 g/mol. The molecule has 0 aliphatic rings. The number of nitrogens with zero attached hydrogens (tertiary/aromatic N) is 3. The van der Waals surface area contributed by atoms with E-state index in [-0.39, 0.29) is 18.3 Å². The van der Waals surface area contributed by atoms with E-state index in [1.54, 1.807) is 36.2 Å². The van der Waals surface area contributed by atoms with Gasteiger partial charge in [0.05, 0.1) is 5.75 Å². The number of carbonyl (C=O) groups excluding carboxylic acids is 1. The molecule has 0 spiro atoms. The van der Waals surface area contributed by atoms with Crippen molar-refractivity contribution in [2.45, 2.75) is 31.7 Å². The normalized spacial score (nSPS) is 10.7. The molecule has 8 heteroatoms. The van der Waals surface area contributed by atoms with Crippen LogP contribution in [0.2, 0.25) is 5.02 Å². The van der Waals surface area contributed by atoms with Crippen molar-refractivity contribution in [3.8, 4) is 5.75 Å². The number of aryl methyl sites for hydroxylation is 1. The minimum atomic E-state index is -0.00766. The number of amides is 1. The number of thioether (sulfide) groups is 1. The number of halogens is 1. The second kappa shape index (κ2) is 10.3. The third kappa shape index (κ3) is 6.51. The molecule has 1 amide bonds. The summed E-state index contributed by atoms with van der Waals surface area (Å²) in [6, 6.07) is 15.3. The zero-order valence-electron chi connectivity index (χ0n) is 16.3. The van der Waals surface area contributed by atoms with Gasteiger partial charge in [0.25, 0.3) is 11.1 Å². The number of aromatic nitrogens is 2. The average molecular weight is 432 g/mol. The molecule has 1 aromatic heterocycles. The summed E-state index contributed by atoms with van der Waals surface area (Å²) >= 11 is 7.06. The van der Waals surface area contributed by atoms with Crippen LogP contribution in [0.4, 0.5) is 0 Å². The van der Waals surface area contributed by atoms with Crippen LogP contribution in [0.15, 0.2) is 58.2 Å². The Labute approximate surface area is 179 Å². The highest BCUT2D eigenvalue weighted by atomic mass is 35.5. The van der Waals surface area contributed by atoms with E-state index in [2.05, 4.69) is 41.4 Å². The fraction of sp³-hybridized carbons (Fsp3) is 0.286. The Morgan fingerprint density at radius 2 is 1.79 bits per heavy atom. The third-order valence-corrected chi connectivity index (χ3v) is 5.28. The van der Waals surface area contributed by atoms with E-state index in [1.165, 1.54) is 17.3 Å². The molecule has 0 fully saturated rings. The highest BCUT2D eigenvalue weighted by molar-refractivity contribution is 7.99. The summed E-state index contributed by atoms with van der Waals surface area (Å²) in [6.45, 7) is 2.83. The van der Waals surface area contributed by atoms with Crippen molar-refractivity contribution < 1.29 is 13.9 Å². The quantitative estimate of drug-likeness (QED) is 0.460. The Hall–Kier alpha value is -2.51. The number of carbonyl (C=O) groups is 1. The topological polar surface area (TPSA) is 68.5 Å². The van der Waals surface area contributed by atoms with Crippen molar-refractivity contribution in [3.05, 3.63) is 70.6 Å². The largest absolute Gasteiger partial charge is 0.484 e. The number of rotatable bonds is 9. The molecule has 6 nitrogen and oxygen atoms in total. The minimum absolute atomic E-state index is 0.00766. The summed E-state index contributed by atoms with van der Waals surface area (Å²) in [5.74, 6) is 1.22. The maximum absolute atomic E-state index is 12.4. The second-order valence-corrected chi connectivity index (χ2v) is 7.78. The zero-order chi connectivity index (χ0) is 20.6. The summed E-state index contributed by atoms with van der Waals surface area (Å²) in [6.07, 6.45) is 1.00. The third-order valence-electron chi connectivity index (χ3n) is 4.22. The van der Waals surface area contributed by atoms with Crippen LogP contribution >= 0.6 is 23.4 Å². The standard InChI is InChI=1S/C21H22ClN3O3S/c1-3-15-4-6-16(7-5-15)12-25(2)20(26)14-29-21-24-23-19(28-21)13-27-18-10-8-17(22)9-11-18/h4-11H,3,12-14H2,1-2H3. The van der Waals surface area contributed by atoms with E-state index in [9.17, 15) is 4.79 Å². The molecule has 0 saturated carbocycles. The summed E-state index contributed by atoms with van der Waals surface area (Å²) in [7, 11) is 1.79. The summed E-state index contributed by atoms with van der Waals surface area (Å²) < 4.78 is 11.1. The Balaban J connectivity index is 1.44. The van der Waals surface area contributed by atoms with Crippen LogP contribution in [0.1, 0.15) is 23.9 Å². The van der Waals surface area contributed by atoms with E-state index in [1.807, 2.05) is 0 Å². The fourth-order valence-corrected chi connectivity index (χ4v) is 3.35. The first kappa shape index (κ1) is 21.2. The van der Waals surface area contributed by atoms with Gasteiger partial charge in [0.15, 0.2) is 6.61 Å². The summed E-state index contributed by atoms with van der Waals surface area (Å²) in [5, 5.41) is 8.88. The van der Waals surface area contributed by atoms with Gasteiger partial charge < -0.3 is 14.1 Å². The minimum Gasteiger partial charge on any atom is -0.484 e. The molecule has 0 N–H and O–H groups in total. The Morgan fingerprint density at radius 1 is 1.10 bits per heavy atom. The monoisotopic (exact) mass is 431 g/mol. The van der Waals surface area contributed by atoms with Gasteiger partial charge in [-0.2, -0.15) is 0 Å². The lowest BCUT2D eigenvalue weighted by atomic mass is 10.1. The van der Waals surface area contributed by atoms with Crippen molar-refractivity contribution in [1.29, 1.82) is 0 Å². The average Bonchev–Trinajstić information content (AvgIpc) is 3.20. The molecule has 3 rings (SSSR count). The van der Waals surface area contributed by atoms with Crippen molar-refractivity contribution in [2.75, 3.05) is 12.8 Å². The molecule has 152 valence electrons. The van der Waals surface area contributed by atoms with Gasteiger partial charge in [-0.3, -0.25) is 4.79 Å². The van der Waals surface area contributed by atoms with Gasteiger partial charge in [-0.15, -0.1) is 10.2 Å². The number of hydrogen-bond donors (Lipinski definition) is 0. The molecule has 2 aromatic carbocycles. The highest BCUT2D eigenvalue weighted by Gasteiger charge is 2.14. The zero-order valence-corrected chi connectivity index (χ0v) is 17.9. The van der Waals surface area contributed by atoms with Crippen LogP contribution in [0.25, 0.3) is 0 Å². The predicted octanol–water partition coefficient (Wildman–Crippen LogP) is 4.62. The van der Waals surface area contributed by atoms with Crippen LogP contribution in [-0.4, -0.2) is 33.8 Å². The van der Waals surface area contributed by atoms with Crippen LogP contribution in [0.5, 0.6) is 5.75 Å². The Morgan fingerprint density at radius 3 is 2.48 bits per heavy atom. The lowest BCUT2D eigenvalue weighted by Gasteiger charge is -2.16.